The molecule has 4 rings (SSSR count). The van der Waals surface area contributed by atoms with Crippen molar-refractivity contribution in [3.8, 4) is 0 Å². The number of urea groups is 1. The minimum Gasteiger partial charge on any atom is -0.334 e. The number of aromatic nitrogens is 1. The highest BCUT2D eigenvalue weighted by Gasteiger charge is 2.48. The molecule has 1 aliphatic heterocycles. The van der Waals surface area contributed by atoms with Gasteiger partial charge in [-0.1, -0.05) is 36.4 Å². The number of fused-ring (bicyclic) bond motifs is 1. The summed E-state index contributed by atoms with van der Waals surface area (Å²) in [5, 5.41) is 3.01. The maximum absolute atomic E-state index is 12.4. The lowest BCUT2D eigenvalue weighted by Crippen LogP contribution is -2.38. The smallest absolute Gasteiger partial charge is 0.317 e. The molecule has 2 heterocycles. The van der Waals surface area contributed by atoms with Crippen molar-refractivity contribution >= 4 is 6.03 Å². The highest BCUT2D eigenvalue weighted by Crippen LogP contribution is 2.51. The molecule has 23 heavy (non-hydrogen) atoms. The van der Waals surface area contributed by atoms with Gasteiger partial charge in [-0.2, -0.15) is 0 Å². The van der Waals surface area contributed by atoms with Crippen molar-refractivity contribution in [2.45, 2.75) is 18.9 Å². The van der Waals surface area contributed by atoms with Crippen LogP contribution in [0.4, 0.5) is 4.79 Å². The number of hydrogen-bond donors (Lipinski definition) is 1. The number of carbonyl (C=O) groups excluding carboxylic acids is 1. The Balaban J connectivity index is 1.33. The summed E-state index contributed by atoms with van der Waals surface area (Å²) in [6.45, 7) is 2.32. The number of rotatable bonds is 3. The molecule has 1 aromatic carbocycles. The molecule has 2 aromatic rings. The van der Waals surface area contributed by atoms with Crippen LogP contribution in [0.2, 0.25) is 0 Å². The van der Waals surface area contributed by atoms with Crippen LogP contribution in [0.5, 0.6) is 0 Å². The molecule has 1 aromatic heterocycles. The van der Waals surface area contributed by atoms with E-state index in [-0.39, 0.29) is 6.03 Å². The number of likely N-dealkylation sites (tertiary alicyclic amines) is 1. The van der Waals surface area contributed by atoms with Gasteiger partial charge in [0.05, 0.1) is 0 Å². The van der Waals surface area contributed by atoms with Crippen molar-refractivity contribution in [3.63, 3.8) is 0 Å². The minimum atomic E-state index is 0.0510. The molecule has 2 amide bonds. The molecule has 4 heteroatoms. The summed E-state index contributed by atoms with van der Waals surface area (Å²) < 4.78 is 0. The van der Waals surface area contributed by atoms with E-state index in [4.69, 9.17) is 0 Å². The van der Waals surface area contributed by atoms with Crippen LogP contribution in [0.15, 0.2) is 54.9 Å². The Labute approximate surface area is 136 Å². The average molecular weight is 307 g/mol. The second-order valence-corrected chi connectivity index (χ2v) is 6.60. The summed E-state index contributed by atoms with van der Waals surface area (Å²) in [6.07, 6.45) is 4.74. The van der Waals surface area contributed by atoms with Crippen LogP contribution in [-0.2, 0) is 6.54 Å². The molecule has 2 fully saturated rings. The van der Waals surface area contributed by atoms with Gasteiger partial charge in [0.1, 0.15) is 0 Å². The van der Waals surface area contributed by atoms with E-state index >= 15 is 0 Å². The van der Waals surface area contributed by atoms with Gasteiger partial charge in [-0.3, -0.25) is 4.98 Å². The van der Waals surface area contributed by atoms with Crippen molar-refractivity contribution < 1.29 is 4.79 Å². The van der Waals surface area contributed by atoms with Gasteiger partial charge in [0.15, 0.2) is 0 Å². The lowest BCUT2D eigenvalue weighted by atomic mass is 9.64. The predicted molar refractivity (Wildman–Crippen MR) is 88.8 cm³/mol. The van der Waals surface area contributed by atoms with Gasteiger partial charge < -0.3 is 10.2 Å². The molecule has 4 nitrogen and oxygen atoms in total. The molecule has 0 spiro atoms. The van der Waals surface area contributed by atoms with Gasteiger partial charge in [-0.15, -0.1) is 0 Å². The Morgan fingerprint density at radius 1 is 1.17 bits per heavy atom. The predicted octanol–water partition coefficient (Wildman–Crippen LogP) is 3.03. The monoisotopic (exact) mass is 307 g/mol. The van der Waals surface area contributed by atoms with Crippen LogP contribution in [-0.4, -0.2) is 29.0 Å². The molecule has 1 saturated heterocycles. The number of benzene rings is 1. The normalized spacial score (nSPS) is 25.6. The molecule has 0 unspecified atom stereocenters. The molecular weight excluding hydrogens is 286 g/mol. The van der Waals surface area contributed by atoms with Gasteiger partial charge in [-0.25, -0.2) is 4.79 Å². The Morgan fingerprint density at radius 2 is 2.04 bits per heavy atom. The number of amides is 2. The van der Waals surface area contributed by atoms with E-state index in [0.717, 1.165) is 18.7 Å². The lowest BCUT2D eigenvalue weighted by molar-refractivity contribution is 0.191. The Morgan fingerprint density at radius 3 is 2.83 bits per heavy atom. The highest BCUT2D eigenvalue weighted by molar-refractivity contribution is 5.74. The van der Waals surface area contributed by atoms with Crippen LogP contribution in [0.1, 0.15) is 23.5 Å². The van der Waals surface area contributed by atoms with Gasteiger partial charge in [0.25, 0.3) is 0 Å². The quantitative estimate of drug-likeness (QED) is 0.947. The van der Waals surface area contributed by atoms with Crippen molar-refractivity contribution in [1.82, 2.24) is 15.2 Å². The fourth-order valence-corrected chi connectivity index (χ4v) is 3.95. The zero-order chi connectivity index (χ0) is 15.6. The Bertz CT molecular complexity index is 674. The largest absolute Gasteiger partial charge is 0.334 e. The van der Waals surface area contributed by atoms with E-state index < -0.39 is 0 Å². The number of pyridine rings is 1. The second kappa shape index (κ2) is 6.03. The van der Waals surface area contributed by atoms with Gasteiger partial charge in [0, 0.05) is 32.0 Å². The highest BCUT2D eigenvalue weighted by atomic mass is 16.2. The molecule has 0 bridgehead atoms. The summed E-state index contributed by atoms with van der Waals surface area (Å²) >= 11 is 0. The molecule has 1 aliphatic carbocycles. The first-order valence-corrected chi connectivity index (χ1v) is 8.28. The summed E-state index contributed by atoms with van der Waals surface area (Å²) in [5.74, 6) is 1.92. The third-order valence-electron chi connectivity index (χ3n) is 5.25. The lowest BCUT2D eigenvalue weighted by Gasteiger charge is -2.39. The zero-order valence-corrected chi connectivity index (χ0v) is 13.1. The van der Waals surface area contributed by atoms with E-state index in [1.807, 2.05) is 17.0 Å². The molecule has 1 N–H and O–H groups in total. The first-order valence-electron chi connectivity index (χ1n) is 8.28. The van der Waals surface area contributed by atoms with Gasteiger partial charge in [-0.05, 0) is 41.4 Å². The number of hydrogen-bond acceptors (Lipinski definition) is 2. The molecular formula is C19H21N3O. The number of nitrogens with one attached hydrogen (secondary N) is 1. The Hall–Kier alpha value is -2.36. The third-order valence-corrected chi connectivity index (χ3v) is 5.25. The molecule has 1 saturated carbocycles. The molecule has 3 atom stereocenters. The summed E-state index contributed by atoms with van der Waals surface area (Å²) in [5.41, 5.74) is 2.46. The number of carbonyl (C=O) groups is 1. The summed E-state index contributed by atoms with van der Waals surface area (Å²) in [4.78, 5) is 18.4. The van der Waals surface area contributed by atoms with E-state index in [1.54, 1.807) is 12.4 Å². The summed E-state index contributed by atoms with van der Waals surface area (Å²) in [7, 11) is 0. The maximum atomic E-state index is 12.4. The van der Waals surface area contributed by atoms with Crippen molar-refractivity contribution in [1.29, 1.82) is 0 Å². The first-order chi connectivity index (χ1) is 11.3. The average Bonchev–Trinajstić information content (AvgIpc) is 2.92. The van der Waals surface area contributed by atoms with Crippen LogP contribution >= 0.6 is 0 Å². The summed E-state index contributed by atoms with van der Waals surface area (Å²) in [6, 6.07) is 14.6. The third kappa shape index (κ3) is 2.81. The topological polar surface area (TPSA) is 45.2 Å². The minimum absolute atomic E-state index is 0.0510. The fraction of sp³-hybridized carbons (Fsp3) is 0.368. The van der Waals surface area contributed by atoms with Gasteiger partial charge >= 0.3 is 6.03 Å². The maximum Gasteiger partial charge on any atom is 0.317 e. The standard InChI is InChI=1S/C19H21N3O/c23-19(21-11-14-5-4-8-20-10-14)22-12-16-9-17(18(16)13-22)15-6-2-1-3-7-15/h1-8,10,16-18H,9,11-13H2,(H,21,23)/t16-,17-,18+/m0/s1. The zero-order valence-electron chi connectivity index (χ0n) is 13.1. The molecule has 2 aliphatic rings. The van der Waals surface area contributed by atoms with Crippen LogP contribution in [0, 0.1) is 11.8 Å². The van der Waals surface area contributed by atoms with E-state index in [1.165, 1.54) is 12.0 Å². The Kier molecular flexibility index (Phi) is 3.74. The van der Waals surface area contributed by atoms with Crippen LogP contribution in [0.3, 0.4) is 0 Å². The van der Waals surface area contributed by atoms with Crippen molar-refractivity contribution in [3.05, 3.63) is 66.0 Å². The molecule has 0 radical (unpaired) electrons. The second-order valence-electron chi connectivity index (χ2n) is 6.60. The SMILES string of the molecule is O=C(NCc1cccnc1)N1C[C@@H]2C[C@@H](c3ccccc3)[C@@H]2C1. The van der Waals surface area contributed by atoms with Gasteiger partial charge in [0.2, 0.25) is 0 Å². The fourth-order valence-electron chi connectivity index (χ4n) is 3.95. The van der Waals surface area contributed by atoms with E-state index in [0.29, 0.717) is 24.3 Å². The van der Waals surface area contributed by atoms with E-state index in [2.05, 4.69) is 40.6 Å². The van der Waals surface area contributed by atoms with Crippen molar-refractivity contribution in [2.24, 2.45) is 11.8 Å². The van der Waals surface area contributed by atoms with Crippen LogP contribution in [0.25, 0.3) is 0 Å². The molecule has 118 valence electrons. The number of nitrogens with zero attached hydrogens (tertiary/aromatic N) is 2. The first kappa shape index (κ1) is 14.2. The van der Waals surface area contributed by atoms with Crippen molar-refractivity contribution in [2.75, 3.05) is 13.1 Å². The van der Waals surface area contributed by atoms with E-state index in [9.17, 15) is 4.79 Å². The van der Waals surface area contributed by atoms with Crippen LogP contribution < -0.4 is 5.32 Å².